The fourth-order valence-electron chi connectivity index (χ4n) is 1.65. The van der Waals surface area contributed by atoms with Crippen molar-refractivity contribution in [3.63, 3.8) is 0 Å². The average Bonchev–Trinajstić information content (AvgIpc) is 2.48. The lowest BCUT2D eigenvalue weighted by molar-refractivity contribution is 1.49. The first-order valence-corrected chi connectivity index (χ1v) is 16.6. The highest BCUT2D eigenvalue weighted by molar-refractivity contribution is 8.46. The van der Waals surface area contributed by atoms with Crippen molar-refractivity contribution < 1.29 is 0 Å². The van der Waals surface area contributed by atoms with Crippen LogP contribution in [0.4, 0.5) is 0 Å². The van der Waals surface area contributed by atoms with Gasteiger partial charge in [0.15, 0.2) is 0 Å². The molecule has 0 fully saturated rings. The van der Waals surface area contributed by atoms with Crippen molar-refractivity contribution in [3.05, 3.63) is 53.6 Å². The highest BCUT2D eigenvalue weighted by Crippen LogP contribution is 2.51. The van der Waals surface area contributed by atoms with E-state index < -0.39 is 0 Å². The van der Waals surface area contributed by atoms with Gasteiger partial charge in [0.2, 0.25) is 0 Å². The van der Waals surface area contributed by atoms with Gasteiger partial charge in [-0.25, -0.2) is 0 Å². The van der Waals surface area contributed by atoms with Crippen LogP contribution >= 0.6 is 59.6 Å². The zero-order valence-electron chi connectivity index (χ0n) is 12.3. The maximum Gasteiger partial charge on any atom is -0.0155 e. The molecule has 0 heterocycles. The molecule has 0 amide bonds. The summed E-state index contributed by atoms with van der Waals surface area (Å²) in [6, 6.07) is 15.4. The molecule has 114 valence electrons. The van der Waals surface area contributed by atoms with Crippen LogP contribution in [0.5, 0.6) is 0 Å². The van der Waals surface area contributed by atoms with E-state index in [0.717, 1.165) is 16.5 Å². The first-order valence-electron chi connectivity index (χ1n) is 6.37. The monoisotopic (exact) mass is 408 g/mol. The number of hydrogen-bond donors (Lipinski definition) is 0. The summed E-state index contributed by atoms with van der Waals surface area (Å²) in [7, 11) is 12.8. The molecule has 7 heteroatoms. The van der Waals surface area contributed by atoms with Gasteiger partial charge in [0.25, 0.3) is 0 Å². The molecule has 2 rings (SSSR count). The topological polar surface area (TPSA) is 0 Å². The molecule has 0 saturated carbocycles. The van der Waals surface area contributed by atoms with Crippen molar-refractivity contribution in [2.24, 2.45) is 0 Å². The van der Waals surface area contributed by atoms with Crippen LogP contribution in [0.25, 0.3) is 0 Å². The van der Waals surface area contributed by atoms with E-state index in [4.69, 9.17) is 0 Å². The summed E-state index contributed by atoms with van der Waals surface area (Å²) in [4.78, 5) is 0. The molecule has 6 unspecified atom stereocenters. The Balaban J connectivity index is 0.000000219. The van der Waals surface area contributed by atoms with Crippen molar-refractivity contribution in [1.29, 1.82) is 0 Å². The third kappa shape index (κ3) is 8.20. The Hall–Kier alpha value is 1.45. The Bertz CT molecular complexity index is 552. The predicted octanol–water partition coefficient (Wildman–Crippen LogP) is 4.87. The SMILES string of the molecule is Cc1cc(PP)cc(P(P)P)c1.Cc1ccc(PP)cc1. The molecule has 0 aromatic heterocycles. The standard InChI is InChI=1S/C7H13P5.C7H10P2/c1-5-2-6(11-8)4-7(3-5)12(9)10;1-6-2-4-7(9-8)5-3-6/h2-4,11H,8-10H2,1H3;2-5,9H,8H2,1H3. The molecule has 0 saturated heterocycles. The molecular weight excluding hydrogens is 385 g/mol. The van der Waals surface area contributed by atoms with Crippen LogP contribution in [0.1, 0.15) is 11.1 Å². The van der Waals surface area contributed by atoms with Gasteiger partial charge in [-0.1, -0.05) is 58.5 Å². The molecule has 0 N–H and O–H groups in total. The quantitative estimate of drug-likeness (QED) is 0.637. The average molecular weight is 408 g/mol. The maximum atomic E-state index is 2.86. The number of benzene rings is 2. The van der Waals surface area contributed by atoms with Gasteiger partial charge in [0.05, 0.1) is 0 Å². The summed E-state index contributed by atoms with van der Waals surface area (Å²) in [6.45, 7) is 4.27. The Labute approximate surface area is 142 Å². The first kappa shape index (κ1) is 20.5. The molecule has 0 aliphatic carbocycles. The summed E-state index contributed by atoms with van der Waals surface area (Å²) < 4.78 is 0. The number of hydrogen-bond acceptors (Lipinski definition) is 0. The van der Waals surface area contributed by atoms with Crippen LogP contribution in [-0.4, -0.2) is 0 Å². The van der Waals surface area contributed by atoms with Gasteiger partial charge in [-0.15, -0.1) is 35.7 Å². The third-order valence-electron chi connectivity index (χ3n) is 2.75. The summed E-state index contributed by atoms with van der Waals surface area (Å²) in [5.74, 6) is 0. The first-order chi connectivity index (χ1) is 9.96. The Morgan fingerprint density at radius 3 is 1.81 bits per heavy atom. The second kappa shape index (κ2) is 11.1. The van der Waals surface area contributed by atoms with Crippen molar-refractivity contribution >= 4 is 75.5 Å². The van der Waals surface area contributed by atoms with Crippen molar-refractivity contribution in [1.82, 2.24) is 0 Å². The normalized spacial score (nSPS) is 11.4. The van der Waals surface area contributed by atoms with E-state index >= 15 is 0 Å². The third-order valence-corrected chi connectivity index (χ3v) is 8.68. The van der Waals surface area contributed by atoms with E-state index in [1.165, 1.54) is 27.0 Å². The lowest BCUT2D eigenvalue weighted by Crippen LogP contribution is -2.04. The van der Waals surface area contributed by atoms with Crippen molar-refractivity contribution in [2.45, 2.75) is 13.8 Å². The van der Waals surface area contributed by atoms with Crippen LogP contribution in [0, 0.1) is 13.8 Å². The molecule has 0 nitrogen and oxygen atoms in total. The molecule has 2 aromatic rings. The largest absolute Gasteiger partial charge is 0.110 e. The number of aryl methyl sites for hydroxylation is 2. The molecule has 0 aliphatic heterocycles. The Kier molecular flexibility index (Phi) is 10.8. The van der Waals surface area contributed by atoms with Gasteiger partial charge >= 0.3 is 0 Å². The van der Waals surface area contributed by atoms with E-state index in [-0.39, 0.29) is 7.30 Å². The van der Waals surface area contributed by atoms with E-state index in [9.17, 15) is 0 Å². The summed E-state index contributed by atoms with van der Waals surface area (Å²) in [6.07, 6.45) is 0. The van der Waals surface area contributed by atoms with Crippen LogP contribution in [-0.2, 0) is 0 Å². The highest BCUT2D eigenvalue weighted by Gasteiger charge is 2.00. The van der Waals surface area contributed by atoms with Crippen LogP contribution in [0.2, 0.25) is 0 Å². The number of rotatable bonds is 3. The van der Waals surface area contributed by atoms with E-state index in [1.807, 2.05) is 0 Å². The van der Waals surface area contributed by atoms with Crippen LogP contribution < -0.4 is 15.9 Å². The minimum Gasteiger partial charge on any atom is -0.110 e. The predicted molar refractivity (Wildman–Crippen MR) is 124 cm³/mol. The van der Waals surface area contributed by atoms with Crippen LogP contribution in [0.15, 0.2) is 42.5 Å². The van der Waals surface area contributed by atoms with Gasteiger partial charge in [0, 0.05) is 0 Å². The fraction of sp³-hybridized carbons (Fsp3) is 0.143. The summed E-state index contributed by atoms with van der Waals surface area (Å²) >= 11 is 0. The van der Waals surface area contributed by atoms with Crippen molar-refractivity contribution in [3.8, 4) is 0 Å². The Morgan fingerprint density at radius 2 is 1.33 bits per heavy atom. The van der Waals surface area contributed by atoms with Gasteiger partial charge in [-0.3, -0.25) is 0 Å². The highest BCUT2D eigenvalue weighted by atomic mass is 32.4. The lowest BCUT2D eigenvalue weighted by atomic mass is 10.2. The fourth-order valence-corrected chi connectivity index (χ4v) is 5.29. The molecule has 2 aromatic carbocycles. The van der Waals surface area contributed by atoms with E-state index in [1.54, 1.807) is 0 Å². The zero-order chi connectivity index (χ0) is 15.8. The summed E-state index contributed by atoms with van der Waals surface area (Å²) in [5.41, 5.74) is 2.71. The smallest absolute Gasteiger partial charge is 0.0155 e. The minimum atomic E-state index is -0.105. The second-order valence-corrected chi connectivity index (χ2v) is 14.5. The maximum absolute atomic E-state index is 2.86. The second-order valence-electron chi connectivity index (χ2n) is 4.62. The molecule has 0 radical (unpaired) electrons. The van der Waals surface area contributed by atoms with Gasteiger partial charge in [-0.05, 0) is 48.7 Å². The van der Waals surface area contributed by atoms with Gasteiger partial charge < -0.3 is 0 Å². The van der Waals surface area contributed by atoms with E-state index in [2.05, 4.69) is 92.0 Å². The Morgan fingerprint density at radius 1 is 0.762 bits per heavy atom. The molecule has 0 bridgehead atoms. The van der Waals surface area contributed by atoms with Gasteiger partial charge in [0.1, 0.15) is 0 Å². The molecule has 6 atom stereocenters. The zero-order valence-corrected chi connectivity index (χ0v) is 19.8. The van der Waals surface area contributed by atoms with Crippen molar-refractivity contribution in [2.75, 3.05) is 0 Å². The van der Waals surface area contributed by atoms with Gasteiger partial charge in [-0.2, -0.15) is 0 Å². The minimum absolute atomic E-state index is 0.105. The molecular formula is C14H23P7. The molecule has 21 heavy (non-hydrogen) atoms. The molecule has 0 aliphatic rings. The van der Waals surface area contributed by atoms with E-state index in [0.29, 0.717) is 0 Å². The van der Waals surface area contributed by atoms with Crippen LogP contribution in [0.3, 0.4) is 0 Å². The molecule has 0 spiro atoms. The summed E-state index contributed by atoms with van der Waals surface area (Å²) in [5, 5.41) is 4.29. The lowest BCUT2D eigenvalue weighted by Gasteiger charge is -2.08.